The van der Waals surface area contributed by atoms with Crippen LogP contribution in [0.3, 0.4) is 0 Å². The lowest BCUT2D eigenvalue weighted by atomic mass is 9.59. The molecule has 0 saturated heterocycles. The maximum atomic E-state index is 7.17. The molecule has 27 heavy (non-hydrogen) atoms. The van der Waals surface area contributed by atoms with E-state index in [0.29, 0.717) is 31.4 Å². The molecule has 0 aromatic carbocycles. The Balaban J connectivity index is 2.12. The average Bonchev–Trinajstić information content (AvgIpc) is 3.43. The highest BCUT2D eigenvalue weighted by Gasteiger charge is 2.59. The van der Waals surface area contributed by atoms with Crippen LogP contribution < -0.4 is 17.2 Å². The fourth-order valence-corrected chi connectivity index (χ4v) is 4.09. The van der Waals surface area contributed by atoms with Gasteiger partial charge >= 0.3 is 0 Å². The minimum absolute atomic E-state index is 0.515. The van der Waals surface area contributed by atoms with Gasteiger partial charge in [-0.1, -0.05) is 13.8 Å². The maximum Gasteiger partial charge on any atom is 0.127 e. The highest BCUT2D eigenvalue weighted by atomic mass is 16.3. The highest BCUT2D eigenvalue weighted by Crippen LogP contribution is 2.44. The van der Waals surface area contributed by atoms with Crippen molar-refractivity contribution in [3.8, 4) is 0 Å². The van der Waals surface area contributed by atoms with Crippen molar-refractivity contribution >= 4 is 0 Å². The lowest BCUT2D eigenvalue weighted by Gasteiger charge is -2.54. The van der Waals surface area contributed by atoms with Gasteiger partial charge in [0.15, 0.2) is 0 Å². The third kappa shape index (κ3) is 3.25. The molecule has 3 rings (SSSR count). The monoisotopic (exact) mass is 371 g/mol. The van der Waals surface area contributed by atoms with Gasteiger partial charge in [-0.3, -0.25) is 0 Å². The number of furan rings is 3. The molecule has 6 N–H and O–H groups in total. The minimum atomic E-state index is -1.12. The Hall–Kier alpha value is -2.28. The zero-order valence-electron chi connectivity index (χ0n) is 16.0. The molecule has 6 nitrogen and oxygen atoms in total. The molecule has 0 amide bonds. The first kappa shape index (κ1) is 19.5. The van der Waals surface area contributed by atoms with Gasteiger partial charge in [-0.15, -0.1) is 0 Å². The summed E-state index contributed by atoms with van der Waals surface area (Å²) in [6.45, 7) is 4.05. The maximum absolute atomic E-state index is 7.17. The summed E-state index contributed by atoms with van der Waals surface area (Å²) in [4.78, 5) is 0. The van der Waals surface area contributed by atoms with E-state index in [1.165, 1.54) is 0 Å². The summed E-state index contributed by atoms with van der Waals surface area (Å²) in [7, 11) is 0. The molecule has 2 unspecified atom stereocenters. The van der Waals surface area contributed by atoms with E-state index in [1.54, 1.807) is 31.3 Å². The van der Waals surface area contributed by atoms with E-state index in [9.17, 15) is 0 Å². The molecule has 0 aliphatic rings. The normalized spacial score (nSPS) is 18.6. The molecule has 3 heterocycles. The Labute approximate surface area is 159 Å². The first-order valence-corrected chi connectivity index (χ1v) is 9.31. The van der Waals surface area contributed by atoms with Crippen molar-refractivity contribution in [1.29, 1.82) is 0 Å². The SMILES string of the molecule is CCC(N)(Cc1ccoc1)C(N)(c1ccco1)C(N)(CC)Cc1ccoc1. The molecule has 6 heteroatoms. The van der Waals surface area contributed by atoms with E-state index in [1.807, 2.05) is 38.1 Å². The smallest absolute Gasteiger partial charge is 0.127 e. The predicted octanol–water partition coefficient (Wildman–Crippen LogP) is 3.32. The number of hydrogen-bond donors (Lipinski definition) is 3. The Kier molecular flexibility index (Phi) is 5.33. The third-order valence-corrected chi connectivity index (χ3v) is 5.94. The van der Waals surface area contributed by atoms with Crippen LogP contribution in [0.2, 0.25) is 0 Å². The predicted molar refractivity (Wildman–Crippen MR) is 104 cm³/mol. The summed E-state index contributed by atoms with van der Waals surface area (Å²) in [5.41, 5.74) is 20.3. The molecule has 0 saturated carbocycles. The molecule has 0 bridgehead atoms. The van der Waals surface area contributed by atoms with Crippen molar-refractivity contribution in [2.75, 3.05) is 0 Å². The summed E-state index contributed by atoms with van der Waals surface area (Å²) in [5, 5.41) is 0. The van der Waals surface area contributed by atoms with E-state index < -0.39 is 16.6 Å². The second-order valence-electron chi connectivity index (χ2n) is 7.42. The van der Waals surface area contributed by atoms with Gasteiger partial charge in [0.1, 0.15) is 11.3 Å². The molecular formula is C21H29N3O3. The average molecular weight is 371 g/mol. The lowest BCUT2D eigenvalue weighted by Crippen LogP contribution is -2.77. The van der Waals surface area contributed by atoms with Crippen LogP contribution in [-0.4, -0.2) is 11.1 Å². The van der Waals surface area contributed by atoms with Crippen molar-refractivity contribution in [2.24, 2.45) is 17.2 Å². The van der Waals surface area contributed by atoms with E-state index in [0.717, 1.165) is 11.1 Å². The Morgan fingerprint density at radius 3 is 1.63 bits per heavy atom. The minimum Gasteiger partial charge on any atom is -0.472 e. The summed E-state index contributed by atoms with van der Waals surface area (Å²) >= 11 is 0. The Bertz CT molecular complexity index is 761. The van der Waals surface area contributed by atoms with Gasteiger partial charge in [-0.05, 0) is 61.1 Å². The van der Waals surface area contributed by atoms with E-state index >= 15 is 0 Å². The fraction of sp³-hybridized carbons (Fsp3) is 0.429. The van der Waals surface area contributed by atoms with Crippen molar-refractivity contribution in [3.63, 3.8) is 0 Å². The molecule has 0 spiro atoms. The topological polar surface area (TPSA) is 117 Å². The fourth-order valence-electron chi connectivity index (χ4n) is 4.09. The Morgan fingerprint density at radius 1 is 0.778 bits per heavy atom. The standard InChI is InChI=1S/C21H29N3O3/c1-3-19(22,12-16-7-10-25-14-16)21(24,18-6-5-9-27-18)20(23,4-2)13-17-8-11-26-15-17/h5-11,14-15H,3-4,12-13,22-24H2,1-2H3. The van der Waals surface area contributed by atoms with E-state index in [-0.39, 0.29) is 0 Å². The van der Waals surface area contributed by atoms with Crippen LogP contribution in [0, 0.1) is 0 Å². The highest BCUT2D eigenvalue weighted by molar-refractivity contribution is 5.33. The second kappa shape index (κ2) is 7.38. The molecular weight excluding hydrogens is 342 g/mol. The zero-order chi connectivity index (χ0) is 19.5. The van der Waals surface area contributed by atoms with Crippen molar-refractivity contribution in [1.82, 2.24) is 0 Å². The van der Waals surface area contributed by atoms with Gasteiger partial charge in [0.25, 0.3) is 0 Å². The summed E-state index contributed by atoms with van der Waals surface area (Å²) in [6.07, 6.45) is 10.5. The Morgan fingerprint density at radius 2 is 1.30 bits per heavy atom. The summed E-state index contributed by atoms with van der Waals surface area (Å²) in [5.74, 6) is 0.586. The van der Waals surface area contributed by atoms with Crippen LogP contribution in [-0.2, 0) is 18.4 Å². The van der Waals surface area contributed by atoms with E-state index in [4.69, 9.17) is 30.5 Å². The van der Waals surface area contributed by atoms with Crippen LogP contribution >= 0.6 is 0 Å². The molecule has 3 aromatic heterocycles. The van der Waals surface area contributed by atoms with Crippen LogP contribution in [0.1, 0.15) is 43.6 Å². The van der Waals surface area contributed by atoms with Crippen molar-refractivity contribution in [2.45, 2.75) is 56.1 Å². The largest absolute Gasteiger partial charge is 0.472 e. The van der Waals surface area contributed by atoms with Crippen LogP contribution in [0.4, 0.5) is 0 Å². The van der Waals surface area contributed by atoms with Gasteiger partial charge in [0, 0.05) is 11.1 Å². The van der Waals surface area contributed by atoms with Crippen LogP contribution in [0.5, 0.6) is 0 Å². The number of hydrogen-bond acceptors (Lipinski definition) is 6. The van der Waals surface area contributed by atoms with Gasteiger partial charge in [-0.25, -0.2) is 0 Å². The molecule has 2 atom stereocenters. The number of rotatable bonds is 9. The first-order chi connectivity index (χ1) is 12.9. The van der Waals surface area contributed by atoms with Crippen LogP contribution in [0.15, 0.2) is 68.8 Å². The first-order valence-electron chi connectivity index (χ1n) is 9.31. The van der Waals surface area contributed by atoms with Gasteiger partial charge < -0.3 is 30.5 Å². The molecule has 3 aromatic rings. The number of nitrogens with two attached hydrogens (primary N) is 3. The third-order valence-electron chi connectivity index (χ3n) is 5.94. The summed E-state index contributed by atoms with van der Waals surface area (Å²) < 4.78 is 16.3. The molecule has 146 valence electrons. The van der Waals surface area contributed by atoms with Gasteiger partial charge in [-0.2, -0.15) is 0 Å². The molecule has 0 aliphatic heterocycles. The zero-order valence-corrected chi connectivity index (χ0v) is 16.0. The van der Waals surface area contributed by atoms with Gasteiger partial charge in [0.05, 0.1) is 31.3 Å². The quantitative estimate of drug-likeness (QED) is 0.531. The molecule has 0 radical (unpaired) electrons. The van der Waals surface area contributed by atoms with E-state index in [2.05, 4.69) is 0 Å². The molecule has 0 fully saturated rings. The van der Waals surface area contributed by atoms with Crippen LogP contribution in [0.25, 0.3) is 0 Å². The van der Waals surface area contributed by atoms with Gasteiger partial charge in [0.2, 0.25) is 0 Å². The van der Waals surface area contributed by atoms with Crippen molar-refractivity contribution < 1.29 is 13.3 Å². The second-order valence-corrected chi connectivity index (χ2v) is 7.42. The van der Waals surface area contributed by atoms with Crippen molar-refractivity contribution in [3.05, 3.63) is 72.5 Å². The molecule has 0 aliphatic carbocycles. The lowest BCUT2D eigenvalue weighted by molar-refractivity contribution is 0.0739. The summed E-state index contributed by atoms with van der Waals surface area (Å²) in [6, 6.07) is 7.48.